The first kappa shape index (κ1) is 16.0. The summed E-state index contributed by atoms with van der Waals surface area (Å²) in [5, 5.41) is 9.20. The van der Waals surface area contributed by atoms with Crippen LogP contribution in [-0.2, 0) is 6.61 Å². The number of benzene rings is 2. The maximum absolute atomic E-state index is 11.0. The highest BCUT2D eigenvalue weighted by atomic mass is 35.5. The zero-order valence-electron chi connectivity index (χ0n) is 12.6. The third-order valence-electron chi connectivity index (χ3n) is 3.50. The molecule has 0 amide bonds. The van der Waals surface area contributed by atoms with Crippen LogP contribution < -0.4 is 4.74 Å². The minimum Gasteiger partial charge on any atom is -0.478 e. The van der Waals surface area contributed by atoms with Gasteiger partial charge in [0.25, 0.3) is 0 Å². The maximum atomic E-state index is 11.0. The molecule has 0 fully saturated rings. The lowest BCUT2D eigenvalue weighted by atomic mass is 10.1. The molecule has 3 aromatic rings. The highest BCUT2D eigenvalue weighted by Gasteiger charge is 2.10. The summed E-state index contributed by atoms with van der Waals surface area (Å²) in [6.07, 6.45) is 1.67. The molecule has 24 heavy (non-hydrogen) atoms. The smallest absolute Gasteiger partial charge is 0.337 e. The Morgan fingerprint density at radius 1 is 1.04 bits per heavy atom. The SMILES string of the molecule is O=C(O)c1ccc(-c2ccc(OCc3ccccc3)nc2)cc1Cl. The molecule has 0 saturated carbocycles. The summed E-state index contributed by atoms with van der Waals surface area (Å²) in [4.78, 5) is 15.3. The van der Waals surface area contributed by atoms with E-state index < -0.39 is 5.97 Å². The van der Waals surface area contributed by atoms with Crippen LogP contribution >= 0.6 is 11.6 Å². The fourth-order valence-corrected chi connectivity index (χ4v) is 2.50. The molecule has 2 aromatic carbocycles. The number of aromatic carboxylic acids is 1. The lowest BCUT2D eigenvalue weighted by Crippen LogP contribution is -1.98. The summed E-state index contributed by atoms with van der Waals surface area (Å²) in [5.74, 6) is -0.523. The van der Waals surface area contributed by atoms with Crippen molar-refractivity contribution in [2.75, 3.05) is 0 Å². The quantitative estimate of drug-likeness (QED) is 0.733. The minimum atomic E-state index is -1.05. The number of carboxylic acids is 1. The van der Waals surface area contributed by atoms with E-state index in [1.165, 1.54) is 6.07 Å². The molecule has 0 aliphatic rings. The first-order valence-electron chi connectivity index (χ1n) is 7.29. The highest BCUT2D eigenvalue weighted by Crippen LogP contribution is 2.26. The Morgan fingerprint density at radius 2 is 1.79 bits per heavy atom. The molecule has 0 atom stereocenters. The Kier molecular flexibility index (Phi) is 4.77. The van der Waals surface area contributed by atoms with Gasteiger partial charge in [-0.15, -0.1) is 0 Å². The molecule has 0 unspecified atom stereocenters. The maximum Gasteiger partial charge on any atom is 0.337 e. The molecule has 120 valence electrons. The first-order valence-corrected chi connectivity index (χ1v) is 7.67. The van der Waals surface area contributed by atoms with Gasteiger partial charge in [0.05, 0.1) is 10.6 Å². The molecule has 4 nitrogen and oxygen atoms in total. The van der Waals surface area contributed by atoms with Crippen LogP contribution in [0.25, 0.3) is 11.1 Å². The molecule has 0 radical (unpaired) electrons. The van der Waals surface area contributed by atoms with Gasteiger partial charge in [0.1, 0.15) is 6.61 Å². The van der Waals surface area contributed by atoms with Gasteiger partial charge in [-0.2, -0.15) is 0 Å². The minimum absolute atomic E-state index is 0.0798. The van der Waals surface area contributed by atoms with Crippen molar-refractivity contribution in [1.29, 1.82) is 0 Å². The zero-order valence-corrected chi connectivity index (χ0v) is 13.4. The number of pyridine rings is 1. The number of halogens is 1. The molecule has 1 N–H and O–H groups in total. The molecule has 5 heteroatoms. The van der Waals surface area contributed by atoms with E-state index in [1.807, 2.05) is 36.4 Å². The van der Waals surface area contributed by atoms with Crippen molar-refractivity contribution in [2.45, 2.75) is 6.61 Å². The summed E-state index contributed by atoms with van der Waals surface area (Å²) in [5.41, 5.74) is 2.78. The van der Waals surface area contributed by atoms with Crippen molar-refractivity contribution in [2.24, 2.45) is 0 Å². The van der Waals surface area contributed by atoms with Crippen molar-refractivity contribution >= 4 is 17.6 Å². The number of carbonyl (C=O) groups is 1. The number of hydrogen-bond acceptors (Lipinski definition) is 3. The zero-order chi connectivity index (χ0) is 16.9. The van der Waals surface area contributed by atoms with E-state index in [4.69, 9.17) is 21.4 Å². The Hall–Kier alpha value is -2.85. The van der Waals surface area contributed by atoms with Gasteiger partial charge in [-0.1, -0.05) is 48.0 Å². The second kappa shape index (κ2) is 7.15. The summed E-state index contributed by atoms with van der Waals surface area (Å²) in [6.45, 7) is 0.451. The third kappa shape index (κ3) is 3.73. The van der Waals surface area contributed by atoms with E-state index in [0.29, 0.717) is 12.5 Å². The van der Waals surface area contributed by atoms with Crippen LogP contribution in [0.4, 0.5) is 0 Å². The molecule has 0 saturated heterocycles. The van der Waals surface area contributed by atoms with E-state index in [-0.39, 0.29) is 10.6 Å². The van der Waals surface area contributed by atoms with E-state index in [2.05, 4.69) is 4.98 Å². The van der Waals surface area contributed by atoms with E-state index >= 15 is 0 Å². The van der Waals surface area contributed by atoms with Gasteiger partial charge in [0.2, 0.25) is 5.88 Å². The Labute approximate surface area is 144 Å². The summed E-state index contributed by atoms with van der Waals surface area (Å²) in [7, 11) is 0. The second-order valence-electron chi connectivity index (χ2n) is 5.16. The predicted molar refractivity (Wildman–Crippen MR) is 92.4 cm³/mol. The largest absolute Gasteiger partial charge is 0.478 e. The Balaban J connectivity index is 1.72. The summed E-state index contributed by atoms with van der Waals surface area (Å²) < 4.78 is 5.64. The van der Waals surface area contributed by atoms with Crippen LogP contribution in [-0.4, -0.2) is 16.1 Å². The lowest BCUT2D eigenvalue weighted by Gasteiger charge is -2.07. The third-order valence-corrected chi connectivity index (χ3v) is 3.81. The molecule has 1 heterocycles. The number of ether oxygens (including phenoxy) is 1. The molecule has 1 aromatic heterocycles. The number of nitrogens with zero attached hydrogens (tertiary/aromatic N) is 1. The predicted octanol–water partition coefficient (Wildman–Crippen LogP) is 4.68. The van der Waals surface area contributed by atoms with Crippen LogP contribution in [0.5, 0.6) is 5.88 Å². The van der Waals surface area contributed by atoms with Crippen molar-refractivity contribution in [3.63, 3.8) is 0 Å². The molecule has 3 rings (SSSR count). The second-order valence-corrected chi connectivity index (χ2v) is 5.57. The average molecular weight is 340 g/mol. The molecule has 0 aliphatic carbocycles. The molecule has 0 spiro atoms. The van der Waals surface area contributed by atoms with Gasteiger partial charge < -0.3 is 9.84 Å². The number of rotatable bonds is 5. The molecular formula is C19H14ClNO3. The van der Waals surface area contributed by atoms with Gasteiger partial charge >= 0.3 is 5.97 Å². The van der Waals surface area contributed by atoms with Gasteiger partial charge in [-0.05, 0) is 29.3 Å². The fraction of sp³-hybridized carbons (Fsp3) is 0.0526. The van der Waals surface area contributed by atoms with Gasteiger partial charge in [-0.3, -0.25) is 0 Å². The normalized spacial score (nSPS) is 10.4. The lowest BCUT2D eigenvalue weighted by molar-refractivity contribution is 0.0697. The Morgan fingerprint density at radius 3 is 2.42 bits per heavy atom. The van der Waals surface area contributed by atoms with Crippen molar-refractivity contribution in [1.82, 2.24) is 4.98 Å². The van der Waals surface area contributed by atoms with Crippen molar-refractivity contribution < 1.29 is 14.6 Å². The number of carboxylic acid groups (broad SMARTS) is 1. The van der Waals surface area contributed by atoms with Crippen LogP contribution in [0.3, 0.4) is 0 Å². The molecule has 0 aliphatic heterocycles. The molecular weight excluding hydrogens is 326 g/mol. The van der Waals surface area contributed by atoms with Crippen LogP contribution in [0.2, 0.25) is 5.02 Å². The number of hydrogen-bond donors (Lipinski definition) is 1. The number of aromatic nitrogens is 1. The standard InChI is InChI=1S/C19H14ClNO3/c20-17-10-14(6-8-16(17)19(22)23)15-7-9-18(21-11-15)24-12-13-4-2-1-3-5-13/h1-11H,12H2,(H,22,23). The monoisotopic (exact) mass is 339 g/mol. The van der Waals surface area contributed by atoms with Crippen LogP contribution in [0, 0.1) is 0 Å². The summed E-state index contributed by atoms with van der Waals surface area (Å²) >= 11 is 6.00. The van der Waals surface area contributed by atoms with E-state index in [9.17, 15) is 4.79 Å². The molecule has 0 bridgehead atoms. The van der Waals surface area contributed by atoms with Gasteiger partial charge in [0.15, 0.2) is 0 Å². The van der Waals surface area contributed by atoms with Crippen molar-refractivity contribution in [3.8, 4) is 17.0 Å². The fourth-order valence-electron chi connectivity index (χ4n) is 2.24. The topological polar surface area (TPSA) is 59.4 Å². The van der Waals surface area contributed by atoms with Crippen LogP contribution in [0.1, 0.15) is 15.9 Å². The van der Waals surface area contributed by atoms with Gasteiger partial charge in [0, 0.05) is 17.8 Å². The average Bonchev–Trinajstić information content (AvgIpc) is 2.61. The Bertz CT molecular complexity index is 848. The van der Waals surface area contributed by atoms with Gasteiger partial charge in [-0.25, -0.2) is 9.78 Å². The van der Waals surface area contributed by atoms with E-state index in [0.717, 1.165) is 16.7 Å². The van der Waals surface area contributed by atoms with Crippen molar-refractivity contribution in [3.05, 3.63) is 83.0 Å². The van der Waals surface area contributed by atoms with Crippen LogP contribution in [0.15, 0.2) is 66.9 Å². The van der Waals surface area contributed by atoms with E-state index in [1.54, 1.807) is 24.4 Å². The first-order chi connectivity index (χ1) is 11.6. The summed E-state index contributed by atoms with van der Waals surface area (Å²) in [6, 6.07) is 18.3. The highest BCUT2D eigenvalue weighted by molar-refractivity contribution is 6.33.